The fourth-order valence-electron chi connectivity index (χ4n) is 2.87. The Hall–Kier alpha value is -0.770. The van der Waals surface area contributed by atoms with Crippen LogP contribution in [0.3, 0.4) is 0 Å². The van der Waals surface area contributed by atoms with E-state index in [2.05, 4.69) is 5.32 Å². The molecule has 0 aromatic rings. The average Bonchev–Trinajstić information content (AvgIpc) is 2.41. The molecule has 2 fully saturated rings. The van der Waals surface area contributed by atoms with Gasteiger partial charge < -0.3 is 15.0 Å². The van der Waals surface area contributed by atoms with Gasteiger partial charge in [0.05, 0.1) is 6.10 Å². The lowest BCUT2D eigenvalue weighted by Crippen LogP contribution is -2.46. The number of hydrogen-bond acceptors (Lipinski definition) is 2. The Morgan fingerprint density at radius 3 is 2.56 bits per heavy atom. The monoisotopic (exact) mass is 254 g/mol. The molecule has 2 aliphatic rings. The molecule has 2 rings (SSSR count). The van der Waals surface area contributed by atoms with Gasteiger partial charge in [-0.2, -0.15) is 0 Å². The molecular weight excluding hydrogens is 228 g/mol. The summed E-state index contributed by atoms with van der Waals surface area (Å²) in [4.78, 5) is 13.8. The molecule has 4 heteroatoms. The third kappa shape index (κ3) is 4.16. The van der Waals surface area contributed by atoms with Gasteiger partial charge in [-0.15, -0.1) is 0 Å². The van der Waals surface area contributed by atoms with Crippen LogP contribution in [0.1, 0.15) is 51.4 Å². The largest absolute Gasteiger partial charge is 0.376 e. The number of urea groups is 1. The minimum atomic E-state index is 0.0658. The van der Waals surface area contributed by atoms with Crippen molar-refractivity contribution in [3.63, 3.8) is 0 Å². The SMILES string of the molecule is CN(CC1CCCCO1)C(=O)NC1CCCCC1. The standard InChI is InChI=1S/C14H26N2O2/c1-16(11-13-9-5-6-10-18-13)14(17)15-12-7-3-2-4-8-12/h12-13H,2-11H2,1H3,(H,15,17). The third-order valence-corrected chi connectivity index (χ3v) is 4.03. The molecule has 0 aromatic carbocycles. The van der Waals surface area contributed by atoms with Gasteiger partial charge in [-0.1, -0.05) is 19.3 Å². The highest BCUT2D eigenvalue weighted by molar-refractivity contribution is 5.74. The van der Waals surface area contributed by atoms with Gasteiger partial charge in [0.2, 0.25) is 0 Å². The molecule has 0 radical (unpaired) electrons. The van der Waals surface area contributed by atoms with Crippen LogP contribution < -0.4 is 5.32 Å². The van der Waals surface area contributed by atoms with E-state index in [9.17, 15) is 4.79 Å². The van der Waals surface area contributed by atoms with Crippen LogP contribution >= 0.6 is 0 Å². The molecule has 1 unspecified atom stereocenters. The van der Waals surface area contributed by atoms with Crippen molar-refractivity contribution in [3.8, 4) is 0 Å². The van der Waals surface area contributed by atoms with E-state index >= 15 is 0 Å². The van der Waals surface area contributed by atoms with Gasteiger partial charge in [0.25, 0.3) is 0 Å². The molecule has 1 atom stereocenters. The molecule has 0 bridgehead atoms. The molecule has 0 spiro atoms. The highest BCUT2D eigenvalue weighted by Crippen LogP contribution is 2.18. The van der Waals surface area contributed by atoms with Crippen LogP contribution in [0.4, 0.5) is 4.79 Å². The maximum Gasteiger partial charge on any atom is 0.317 e. The molecule has 18 heavy (non-hydrogen) atoms. The number of carbonyl (C=O) groups excluding carboxylic acids is 1. The second kappa shape index (κ2) is 6.98. The number of ether oxygens (including phenoxy) is 1. The lowest BCUT2D eigenvalue weighted by molar-refractivity contribution is 0.00365. The number of amides is 2. The van der Waals surface area contributed by atoms with Gasteiger partial charge >= 0.3 is 6.03 Å². The number of nitrogens with zero attached hydrogens (tertiary/aromatic N) is 1. The molecule has 1 aliphatic carbocycles. The van der Waals surface area contributed by atoms with Gasteiger partial charge in [-0.3, -0.25) is 0 Å². The van der Waals surface area contributed by atoms with E-state index in [0.29, 0.717) is 6.04 Å². The second-order valence-corrected chi connectivity index (χ2v) is 5.65. The van der Waals surface area contributed by atoms with Crippen LogP contribution in [0.25, 0.3) is 0 Å². The predicted molar refractivity (Wildman–Crippen MR) is 71.6 cm³/mol. The van der Waals surface area contributed by atoms with E-state index in [1.165, 1.54) is 25.7 Å². The van der Waals surface area contributed by atoms with Crippen molar-refractivity contribution < 1.29 is 9.53 Å². The maximum atomic E-state index is 12.0. The zero-order valence-corrected chi connectivity index (χ0v) is 11.5. The van der Waals surface area contributed by atoms with Crippen molar-refractivity contribution in [1.82, 2.24) is 10.2 Å². The van der Waals surface area contributed by atoms with Crippen molar-refractivity contribution >= 4 is 6.03 Å². The number of nitrogens with one attached hydrogen (secondary N) is 1. The Balaban J connectivity index is 1.69. The van der Waals surface area contributed by atoms with Crippen LogP contribution in [0, 0.1) is 0 Å². The summed E-state index contributed by atoms with van der Waals surface area (Å²) in [5.74, 6) is 0. The number of carbonyl (C=O) groups is 1. The first-order chi connectivity index (χ1) is 8.75. The smallest absolute Gasteiger partial charge is 0.317 e. The van der Waals surface area contributed by atoms with E-state index in [1.807, 2.05) is 7.05 Å². The first-order valence-corrected chi connectivity index (χ1v) is 7.39. The van der Waals surface area contributed by atoms with E-state index < -0.39 is 0 Å². The summed E-state index contributed by atoms with van der Waals surface area (Å²) in [6, 6.07) is 0.456. The molecule has 2 amide bonds. The molecular formula is C14H26N2O2. The summed E-state index contributed by atoms with van der Waals surface area (Å²) in [7, 11) is 1.87. The Kier molecular flexibility index (Phi) is 5.29. The molecule has 1 heterocycles. The molecule has 4 nitrogen and oxygen atoms in total. The summed E-state index contributed by atoms with van der Waals surface area (Å²) < 4.78 is 5.67. The molecule has 104 valence electrons. The van der Waals surface area contributed by atoms with Crippen molar-refractivity contribution in [1.29, 1.82) is 0 Å². The predicted octanol–water partition coefficient (Wildman–Crippen LogP) is 2.53. The maximum absolute atomic E-state index is 12.0. The Morgan fingerprint density at radius 1 is 1.17 bits per heavy atom. The normalized spacial score (nSPS) is 25.7. The van der Waals surface area contributed by atoms with Gasteiger partial charge in [0.1, 0.15) is 0 Å². The van der Waals surface area contributed by atoms with Gasteiger partial charge in [0.15, 0.2) is 0 Å². The van der Waals surface area contributed by atoms with Crippen LogP contribution in [0.5, 0.6) is 0 Å². The van der Waals surface area contributed by atoms with Gasteiger partial charge in [-0.05, 0) is 32.1 Å². The van der Waals surface area contributed by atoms with E-state index in [1.54, 1.807) is 4.90 Å². The molecule has 1 aliphatic heterocycles. The van der Waals surface area contributed by atoms with Crippen molar-refractivity contribution in [2.24, 2.45) is 0 Å². The molecule has 1 saturated carbocycles. The third-order valence-electron chi connectivity index (χ3n) is 4.03. The Bertz CT molecular complexity index is 259. The summed E-state index contributed by atoms with van der Waals surface area (Å²) in [5.41, 5.74) is 0. The van der Waals surface area contributed by atoms with E-state index in [4.69, 9.17) is 4.74 Å². The van der Waals surface area contributed by atoms with E-state index in [0.717, 1.165) is 38.8 Å². The van der Waals surface area contributed by atoms with Crippen LogP contribution in [-0.4, -0.2) is 43.3 Å². The van der Waals surface area contributed by atoms with E-state index in [-0.39, 0.29) is 12.1 Å². The molecule has 1 N–H and O–H groups in total. The minimum absolute atomic E-state index is 0.0658. The lowest BCUT2D eigenvalue weighted by atomic mass is 9.96. The van der Waals surface area contributed by atoms with Crippen molar-refractivity contribution in [3.05, 3.63) is 0 Å². The average molecular weight is 254 g/mol. The topological polar surface area (TPSA) is 41.6 Å². The summed E-state index contributed by atoms with van der Waals surface area (Å²) >= 11 is 0. The molecule has 1 saturated heterocycles. The fourth-order valence-corrected chi connectivity index (χ4v) is 2.87. The zero-order chi connectivity index (χ0) is 12.8. The summed E-state index contributed by atoms with van der Waals surface area (Å²) in [6.07, 6.45) is 9.80. The number of rotatable bonds is 3. The Morgan fingerprint density at radius 2 is 1.89 bits per heavy atom. The summed E-state index contributed by atoms with van der Waals surface area (Å²) in [6.45, 7) is 1.57. The van der Waals surface area contributed by atoms with Crippen LogP contribution in [-0.2, 0) is 4.74 Å². The first kappa shape index (κ1) is 13.7. The summed E-state index contributed by atoms with van der Waals surface area (Å²) in [5, 5.41) is 3.14. The quantitative estimate of drug-likeness (QED) is 0.841. The second-order valence-electron chi connectivity index (χ2n) is 5.65. The zero-order valence-electron chi connectivity index (χ0n) is 11.5. The van der Waals surface area contributed by atoms with Crippen LogP contribution in [0.2, 0.25) is 0 Å². The number of hydrogen-bond donors (Lipinski definition) is 1. The van der Waals surface area contributed by atoms with Crippen molar-refractivity contribution in [2.75, 3.05) is 20.2 Å². The first-order valence-electron chi connectivity index (χ1n) is 7.39. The van der Waals surface area contributed by atoms with Crippen molar-refractivity contribution in [2.45, 2.75) is 63.5 Å². The number of likely N-dealkylation sites (N-methyl/N-ethyl adjacent to an activating group) is 1. The lowest BCUT2D eigenvalue weighted by Gasteiger charge is -2.30. The van der Waals surface area contributed by atoms with Crippen LogP contribution in [0.15, 0.2) is 0 Å². The van der Waals surface area contributed by atoms with Gasteiger partial charge in [-0.25, -0.2) is 4.79 Å². The van der Waals surface area contributed by atoms with Gasteiger partial charge in [0, 0.05) is 26.2 Å². The highest BCUT2D eigenvalue weighted by atomic mass is 16.5. The minimum Gasteiger partial charge on any atom is -0.376 e. The highest BCUT2D eigenvalue weighted by Gasteiger charge is 2.21. The molecule has 0 aromatic heterocycles. The fraction of sp³-hybridized carbons (Fsp3) is 0.929. The Labute approximate surface area is 110 Å².